The van der Waals surface area contributed by atoms with Crippen LogP contribution in [0.3, 0.4) is 0 Å². The van der Waals surface area contributed by atoms with Gasteiger partial charge in [-0.1, -0.05) is 114 Å². The SMILES string of the molecule is C.C.CCOC(=O)N1CCN(c2ccc(Cl)cc2Cl)[C@@H](c2ccc(Cl)cc2)[C@H]1CN.CCOC(=O)N1CCN(c2ccc(Cl)cc2Cl)[C@@H](c2ccc(Cl)cc2)[C@H]1CN=[N+]=[N-]. The van der Waals surface area contributed by atoms with E-state index < -0.39 is 12.1 Å². The highest BCUT2D eigenvalue weighted by atomic mass is 35.5. The Morgan fingerprint density at radius 2 is 1.03 bits per heavy atom. The first-order valence-corrected chi connectivity index (χ1v) is 20.7. The monoisotopic (exact) mass is 940 g/mol. The second kappa shape index (κ2) is 23.9. The number of carbonyl (C=O) groups excluding carboxylic acids is 2. The number of carbonyl (C=O) groups is 2. The van der Waals surface area contributed by atoms with Gasteiger partial charge in [0.1, 0.15) is 0 Å². The molecule has 0 spiro atoms. The third kappa shape index (κ3) is 12.1. The second-order valence-corrected chi connectivity index (χ2v) is 15.7. The first-order chi connectivity index (χ1) is 27.9. The number of halogens is 6. The quantitative estimate of drug-likeness (QED) is 0.100. The van der Waals surface area contributed by atoms with Crippen LogP contribution in [0.5, 0.6) is 0 Å². The first kappa shape index (κ1) is 50.4. The number of amides is 2. The summed E-state index contributed by atoms with van der Waals surface area (Å²) in [5.41, 5.74) is 18.6. The maximum atomic E-state index is 12.6. The van der Waals surface area contributed by atoms with Crippen molar-refractivity contribution in [2.24, 2.45) is 10.8 Å². The third-order valence-electron chi connectivity index (χ3n) is 9.80. The van der Waals surface area contributed by atoms with Crippen LogP contribution in [-0.2, 0) is 9.47 Å². The number of benzene rings is 4. The smallest absolute Gasteiger partial charge is 0.410 e. The highest BCUT2D eigenvalue weighted by Crippen LogP contribution is 2.41. The second-order valence-electron chi connectivity index (χ2n) is 13.1. The average Bonchev–Trinajstić information content (AvgIpc) is 3.20. The summed E-state index contributed by atoms with van der Waals surface area (Å²) in [6.07, 6.45) is -0.810. The minimum absolute atomic E-state index is 0. The number of azide groups is 1. The summed E-state index contributed by atoms with van der Waals surface area (Å²) < 4.78 is 10.5. The number of piperazine rings is 2. The van der Waals surface area contributed by atoms with Crippen LogP contribution in [0.25, 0.3) is 10.4 Å². The molecule has 2 N–H and O–H groups in total. The van der Waals surface area contributed by atoms with E-state index in [0.29, 0.717) is 62.9 Å². The van der Waals surface area contributed by atoms with Gasteiger partial charge >= 0.3 is 12.2 Å². The minimum atomic E-state index is -0.471. The Bertz CT molecular complexity index is 2080. The first-order valence-electron chi connectivity index (χ1n) is 18.4. The van der Waals surface area contributed by atoms with Crippen molar-refractivity contribution in [2.45, 2.75) is 52.9 Å². The van der Waals surface area contributed by atoms with Crippen molar-refractivity contribution < 1.29 is 19.1 Å². The van der Waals surface area contributed by atoms with Gasteiger partial charge in [-0.3, -0.25) is 4.90 Å². The molecule has 0 saturated carbocycles. The van der Waals surface area contributed by atoms with Gasteiger partial charge in [-0.15, -0.1) is 0 Å². The predicted molar refractivity (Wildman–Crippen MR) is 248 cm³/mol. The van der Waals surface area contributed by atoms with E-state index in [2.05, 4.69) is 19.8 Å². The van der Waals surface area contributed by atoms with E-state index in [1.54, 1.807) is 60.0 Å². The molecule has 2 aliphatic heterocycles. The molecule has 2 saturated heterocycles. The van der Waals surface area contributed by atoms with Crippen LogP contribution in [0.1, 0.15) is 51.9 Å². The van der Waals surface area contributed by atoms with Gasteiger partial charge in [-0.2, -0.15) is 0 Å². The lowest BCUT2D eigenvalue weighted by molar-refractivity contribution is 0.0756. The number of hydrogen-bond acceptors (Lipinski definition) is 8. The van der Waals surface area contributed by atoms with Crippen LogP contribution < -0.4 is 15.5 Å². The molecular weight excluding hydrogens is 893 g/mol. The van der Waals surface area contributed by atoms with Crippen LogP contribution in [0.4, 0.5) is 21.0 Å². The number of nitrogens with zero attached hydrogens (tertiary/aromatic N) is 7. The summed E-state index contributed by atoms with van der Waals surface area (Å²) in [5.74, 6) is 0. The molecule has 2 fully saturated rings. The lowest BCUT2D eigenvalue weighted by Crippen LogP contribution is -2.59. The number of rotatable bonds is 9. The van der Waals surface area contributed by atoms with Crippen LogP contribution in [-0.4, -0.2) is 86.6 Å². The Balaban J connectivity index is 0.000000311. The molecule has 0 aliphatic carbocycles. The molecule has 4 atom stereocenters. The van der Waals surface area contributed by atoms with Crippen molar-refractivity contribution >= 4 is 93.2 Å². The van der Waals surface area contributed by atoms with Crippen LogP contribution in [0.15, 0.2) is 90.0 Å². The molecule has 2 aliphatic rings. The zero-order chi connectivity index (χ0) is 41.9. The fourth-order valence-electron chi connectivity index (χ4n) is 7.33. The molecule has 0 unspecified atom stereocenters. The normalized spacial score (nSPS) is 18.5. The van der Waals surface area contributed by atoms with E-state index in [-0.39, 0.29) is 58.8 Å². The van der Waals surface area contributed by atoms with E-state index in [0.717, 1.165) is 22.5 Å². The molecule has 0 radical (unpaired) electrons. The van der Waals surface area contributed by atoms with Crippen molar-refractivity contribution in [3.63, 3.8) is 0 Å². The van der Waals surface area contributed by atoms with Crippen LogP contribution in [0.2, 0.25) is 30.1 Å². The van der Waals surface area contributed by atoms with Gasteiger partial charge in [-0.25, -0.2) is 9.59 Å². The number of nitrogens with two attached hydrogens (primary N) is 1. The summed E-state index contributed by atoms with van der Waals surface area (Å²) in [7, 11) is 0. The molecule has 0 bridgehead atoms. The molecule has 4 aromatic carbocycles. The molecule has 0 aromatic heterocycles. The molecule has 2 amide bonds. The molecule has 2 heterocycles. The molecule has 18 heteroatoms. The summed E-state index contributed by atoms with van der Waals surface area (Å²) in [4.78, 5) is 35.6. The molecule has 4 aromatic rings. The highest BCUT2D eigenvalue weighted by molar-refractivity contribution is 6.37. The van der Waals surface area contributed by atoms with Gasteiger partial charge in [0.05, 0.1) is 58.8 Å². The summed E-state index contributed by atoms with van der Waals surface area (Å²) in [6.45, 7) is 6.38. The Morgan fingerprint density at radius 1 is 0.650 bits per heavy atom. The maximum Gasteiger partial charge on any atom is 0.410 e. The maximum absolute atomic E-state index is 12.6. The Kier molecular flexibility index (Phi) is 20.0. The fraction of sp³-hybridized carbons (Fsp3) is 0.381. The minimum Gasteiger partial charge on any atom is -0.450 e. The lowest BCUT2D eigenvalue weighted by Gasteiger charge is -2.48. The van der Waals surface area contributed by atoms with Gasteiger partial charge in [0.25, 0.3) is 0 Å². The van der Waals surface area contributed by atoms with E-state index >= 15 is 0 Å². The largest absolute Gasteiger partial charge is 0.450 e. The van der Waals surface area contributed by atoms with E-state index in [9.17, 15) is 9.59 Å². The van der Waals surface area contributed by atoms with Gasteiger partial charge < -0.3 is 29.9 Å². The van der Waals surface area contributed by atoms with Gasteiger partial charge in [0.2, 0.25) is 0 Å². The van der Waals surface area contributed by atoms with Gasteiger partial charge in [0.15, 0.2) is 0 Å². The van der Waals surface area contributed by atoms with Crippen molar-refractivity contribution in [2.75, 3.05) is 62.3 Å². The zero-order valence-electron chi connectivity index (χ0n) is 31.7. The molecular formula is C42H50Cl6N8O4. The molecule has 60 heavy (non-hydrogen) atoms. The zero-order valence-corrected chi connectivity index (χ0v) is 36.2. The van der Waals surface area contributed by atoms with E-state index in [4.69, 9.17) is 90.3 Å². The standard InChI is InChI=1S/C20H20Cl3N5O2.C20H22Cl3N3O2.2CH4/c1-2-30-20(29)28-10-9-27(17-8-7-15(22)11-16(17)23)19(18(28)12-25-26-24)13-3-5-14(21)6-4-13;1-2-28-20(27)26-10-9-25(17-8-7-15(22)11-16(17)23)19(18(26)12-24)13-3-5-14(21)6-4-13;;/h3-8,11,18-19H,2,9-10,12H2,1H3;3-8,11,18-19H,2,9-10,12,24H2,1H3;2*1H4/t2*18-,19+;;/m11../s1. The van der Waals surface area contributed by atoms with Crippen molar-refractivity contribution in [3.05, 3.63) is 137 Å². The van der Waals surface area contributed by atoms with Crippen molar-refractivity contribution in [1.82, 2.24) is 9.80 Å². The number of ether oxygens (including phenoxy) is 2. The van der Waals surface area contributed by atoms with Crippen molar-refractivity contribution in [1.29, 1.82) is 0 Å². The highest BCUT2D eigenvalue weighted by Gasteiger charge is 2.42. The van der Waals surface area contributed by atoms with Crippen LogP contribution in [0, 0.1) is 0 Å². The third-order valence-corrected chi connectivity index (χ3v) is 11.4. The summed E-state index contributed by atoms with van der Waals surface area (Å²) in [6, 6.07) is 24.3. The number of anilines is 2. The summed E-state index contributed by atoms with van der Waals surface area (Å²) in [5, 5.41) is 7.15. The topological polar surface area (TPSA) is 140 Å². The van der Waals surface area contributed by atoms with Crippen LogP contribution >= 0.6 is 69.6 Å². The number of hydrogen-bond donors (Lipinski definition) is 1. The lowest BCUT2D eigenvalue weighted by atomic mass is 9.93. The average molecular weight is 944 g/mol. The van der Waals surface area contributed by atoms with Gasteiger partial charge in [0, 0.05) is 64.3 Å². The molecule has 6 rings (SSSR count). The summed E-state index contributed by atoms with van der Waals surface area (Å²) >= 11 is 37.3. The van der Waals surface area contributed by atoms with E-state index in [1.165, 1.54) is 0 Å². The Labute approximate surface area is 382 Å². The van der Waals surface area contributed by atoms with E-state index in [1.807, 2.05) is 48.5 Å². The molecule has 12 nitrogen and oxygen atoms in total. The van der Waals surface area contributed by atoms with Crippen molar-refractivity contribution in [3.8, 4) is 0 Å². The fourth-order valence-corrected chi connectivity index (χ4v) is 8.62. The van der Waals surface area contributed by atoms with Gasteiger partial charge in [-0.05, 0) is 91.2 Å². The Morgan fingerprint density at radius 3 is 1.40 bits per heavy atom. The molecule has 324 valence electrons. The predicted octanol–water partition coefficient (Wildman–Crippen LogP) is 12.6. The Hall–Kier alpha value is -3.97.